The summed E-state index contributed by atoms with van der Waals surface area (Å²) in [5.74, 6) is 1.21. The Hall–Kier alpha value is -3.02. The van der Waals surface area contributed by atoms with Gasteiger partial charge in [0.15, 0.2) is 11.5 Å². The average molecular weight is 366 g/mol. The van der Waals surface area contributed by atoms with E-state index in [2.05, 4.69) is 5.32 Å². The standard InChI is InChI=1S/C21H22N2O4/c1-2-5-17(23-12-15-6-3-4-7-16(15)21(23)25)20(24)22-11-14-8-9-18-19(10-14)27-13-26-18/h3-4,6-10,17H,2,5,11-13H2,1H3,(H,22,24)/t17-/m1/s1. The highest BCUT2D eigenvalue weighted by Crippen LogP contribution is 2.32. The van der Waals surface area contributed by atoms with Gasteiger partial charge in [0, 0.05) is 18.7 Å². The summed E-state index contributed by atoms with van der Waals surface area (Å²) in [6, 6.07) is 12.7. The zero-order chi connectivity index (χ0) is 18.8. The summed E-state index contributed by atoms with van der Waals surface area (Å²) in [5, 5.41) is 2.97. The molecule has 2 heterocycles. The van der Waals surface area contributed by atoms with Crippen LogP contribution < -0.4 is 14.8 Å². The van der Waals surface area contributed by atoms with Crippen LogP contribution in [0.5, 0.6) is 11.5 Å². The second kappa shape index (κ2) is 7.31. The Kier molecular flexibility index (Phi) is 4.71. The molecule has 2 aliphatic rings. The number of nitrogens with one attached hydrogen (secondary N) is 1. The number of carbonyl (C=O) groups excluding carboxylic acids is 2. The fraction of sp³-hybridized carbons (Fsp3) is 0.333. The summed E-state index contributed by atoms with van der Waals surface area (Å²) in [6.45, 7) is 3.11. The van der Waals surface area contributed by atoms with Crippen LogP contribution in [0.25, 0.3) is 0 Å². The quantitative estimate of drug-likeness (QED) is 0.854. The van der Waals surface area contributed by atoms with E-state index < -0.39 is 6.04 Å². The maximum atomic E-state index is 12.9. The predicted molar refractivity (Wildman–Crippen MR) is 99.4 cm³/mol. The van der Waals surface area contributed by atoms with Crippen LogP contribution in [-0.2, 0) is 17.9 Å². The minimum Gasteiger partial charge on any atom is -0.454 e. The minimum absolute atomic E-state index is 0.0673. The highest BCUT2D eigenvalue weighted by atomic mass is 16.7. The predicted octanol–water partition coefficient (Wildman–Crippen LogP) is 2.86. The summed E-state index contributed by atoms with van der Waals surface area (Å²) < 4.78 is 10.7. The highest BCUT2D eigenvalue weighted by molar-refractivity contribution is 6.01. The van der Waals surface area contributed by atoms with E-state index in [1.165, 1.54) is 0 Å². The van der Waals surface area contributed by atoms with Crippen LogP contribution in [0.4, 0.5) is 0 Å². The molecule has 0 bridgehead atoms. The van der Waals surface area contributed by atoms with Crippen LogP contribution in [0.3, 0.4) is 0 Å². The number of nitrogens with zero attached hydrogens (tertiary/aromatic N) is 1. The van der Waals surface area contributed by atoms with Crippen LogP contribution in [-0.4, -0.2) is 29.5 Å². The molecule has 0 fully saturated rings. The van der Waals surface area contributed by atoms with Crippen molar-refractivity contribution >= 4 is 11.8 Å². The summed E-state index contributed by atoms with van der Waals surface area (Å²) >= 11 is 0. The zero-order valence-electron chi connectivity index (χ0n) is 15.2. The molecule has 2 aromatic carbocycles. The third-order valence-corrected chi connectivity index (χ3v) is 4.99. The number of fused-ring (bicyclic) bond motifs is 2. The largest absolute Gasteiger partial charge is 0.454 e. The van der Waals surface area contributed by atoms with Crippen molar-refractivity contribution in [2.24, 2.45) is 0 Å². The Labute approximate surface area is 158 Å². The molecule has 140 valence electrons. The monoisotopic (exact) mass is 366 g/mol. The summed E-state index contributed by atoms with van der Waals surface area (Å²) in [5.41, 5.74) is 2.60. The molecule has 4 rings (SSSR count). The van der Waals surface area contributed by atoms with Crippen LogP contribution in [0.15, 0.2) is 42.5 Å². The van der Waals surface area contributed by atoms with Crippen molar-refractivity contribution in [1.29, 1.82) is 0 Å². The summed E-state index contributed by atoms with van der Waals surface area (Å²) in [7, 11) is 0. The van der Waals surface area contributed by atoms with Crippen molar-refractivity contribution in [2.75, 3.05) is 6.79 Å². The van der Waals surface area contributed by atoms with Crippen LogP contribution in [0, 0.1) is 0 Å². The van der Waals surface area contributed by atoms with Crippen molar-refractivity contribution in [3.8, 4) is 11.5 Å². The molecule has 0 unspecified atom stereocenters. The molecule has 0 saturated heterocycles. The molecule has 6 heteroatoms. The van der Waals surface area contributed by atoms with Crippen molar-refractivity contribution in [3.63, 3.8) is 0 Å². The van der Waals surface area contributed by atoms with Crippen molar-refractivity contribution < 1.29 is 19.1 Å². The summed E-state index contributed by atoms with van der Waals surface area (Å²) in [6.07, 6.45) is 1.45. The van der Waals surface area contributed by atoms with Crippen LogP contribution >= 0.6 is 0 Å². The maximum absolute atomic E-state index is 12.9. The number of benzene rings is 2. The first kappa shape index (κ1) is 17.4. The SMILES string of the molecule is CCC[C@H](C(=O)NCc1ccc2c(c1)OCO2)N1Cc2ccccc2C1=O. The van der Waals surface area contributed by atoms with Crippen LogP contribution in [0.1, 0.15) is 41.3 Å². The highest BCUT2D eigenvalue weighted by Gasteiger charge is 2.35. The number of carbonyl (C=O) groups is 2. The normalized spacial score (nSPS) is 15.6. The van der Waals surface area contributed by atoms with E-state index in [1.807, 2.05) is 49.4 Å². The Morgan fingerprint density at radius 1 is 1.19 bits per heavy atom. The van der Waals surface area contributed by atoms with E-state index in [4.69, 9.17) is 9.47 Å². The maximum Gasteiger partial charge on any atom is 0.255 e. The van der Waals surface area contributed by atoms with Gasteiger partial charge in [0.2, 0.25) is 12.7 Å². The van der Waals surface area contributed by atoms with E-state index >= 15 is 0 Å². The Bertz CT molecular complexity index is 880. The molecular formula is C21H22N2O4. The average Bonchev–Trinajstić information content (AvgIpc) is 3.28. The fourth-order valence-corrected chi connectivity index (χ4v) is 3.59. The topological polar surface area (TPSA) is 67.9 Å². The van der Waals surface area contributed by atoms with Crippen molar-refractivity contribution in [3.05, 3.63) is 59.2 Å². The van der Waals surface area contributed by atoms with Crippen molar-refractivity contribution in [2.45, 2.75) is 38.9 Å². The molecule has 0 radical (unpaired) electrons. The Balaban J connectivity index is 1.45. The van der Waals surface area contributed by atoms with Gasteiger partial charge in [0.05, 0.1) is 0 Å². The second-order valence-electron chi connectivity index (χ2n) is 6.80. The number of amides is 2. The van der Waals surface area contributed by atoms with Gasteiger partial charge in [0.25, 0.3) is 5.91 Å². The smallest absolute Gasteiger partial charge is 0.255 e. The third-order valence-electron chi connectivity index (χ3n) is 4.99. The lowest BCUT2D eigenvalue weighted by Gasteiger charge is -2.26. The van der Waals surface area contributed by atoms with Gasteiger partial charge in [-0.15, -0.1) is 0 Å². The molecule has 0 aromatic heterocycles. The van der Waals surface area contributed by atoms with E-state index in [1.54, 1.807) is 4.90 Å². The number of rotatable bonds is 6. The van der Waals surface area contributed by atoms with Gasteiger partial charge in [-0.3, -0.25) is 9.59 Å². The van der Waals surface area contributed by atoms with Gasteiger partial charge in [-0.1, -0.05) is 37.6 Å². The molecule has 0 saturated carbocycles. The first-order valence-corrected chi connectivity index (χ1v) is 9.22. The van der Waals surface area contributed by atoms with E-state index in [0.717, 1.165) is 23.3 Å². The van der Waals surface area contributed by atoms with Gasteiger partial charge in [-0.05, 0) is 35.7 Å². The lowest BCUT2D eigenvalue weighted by Crippen LogP contribution is -2.46. The van der Waals surface area contributed by atoms with Gasteiger partial charge in [-0.2, -0.15) is 0 Å². The Morgan fingerprint density at radius 3 is 2.81 bits per heavy atom. The zero-order valence-corrected chi connectivity index (χ0v) is 15.2. The molecule has 1 atom stereocenters. The number of hydrogen-bond donors (Lipinski definition) is 1. The molecular weight excluding hydrogens is 344 g/mol. The molecule has 0 aliphatic carbocycles. The number of hydrogen-bond acceptors (Lipinski definition) is 4. The molecule has 2 aliphatic heterocycles. The number of ether oxygens (including phenoxy) is 2. The molecule has 2 aromatic rings. The van der Waals surface area contributed by atoms with Gasteiger partial charge in [0.1, 0.15) is 6.04 Å². The van der Waals surface area contributed by atoms with Crippen LogP contribution in [0.2, 0.25) is 0 Å². The molecule has 2 amide bonds. The fourth-order valence-electron chi connectivity index (χ4n) is 3.59. The van der Waals surface area contributed by atoms with E-state index in [-0.39, 0.29) is 18.6 Å². The van der Waals surface area contributed by atoms with Gasteiger partial charge >= 0.3 is 0 Å². The lowest BCUT2D eigenvalue weighted by molar-refractivity contribution is -0.126. The van der Waals surface area contributed by atoms with Gasteiger partial charge < -0.3 is 19.7 Å². The first-order valence-electron chi connectivity index (χ1n) is 9.22. The minimum atomic E-state index is -0.469. The van der Waals surface area contributed by atoms with Gasteiger partial charge in [-0.25, -0.2) is 0 Å². The molecule has 27 heavy (non-hydrogen) atoms. The van der Waals surface area contributed by atoms with E-state index in [0.29, 0.717) is 30.8 Å². The second-order valence-corrected chi connectivity index (χ2v) is 6.80. The summed E-state index contributed by atoms with van der Waals surface area (Å²) in [4.78, 5) is 27.3. The molecule has 6 nitrogen and oxygen atoms in total. The molecule has 1 N–H and O–H groups in total. The first-order chi connectivity index (χ1) is 13.2. The molecule has 0 spiro atoms. The Morgan fingerprint density at radius 2 is 2.00 bits per heavy atom. The van der Waals surface area contributed by atoms with Crippen molar-refractivity contribution in [1.82, 2.24) is 10.2 Å². The van der Waals surface area contributed by atoms with E-state index in [9.17, 15) is 9.59 Å². The lowest BCUT2D eigenvalue weighted by atomic mass is 10.1. The third kappa shape index (κ3) is 3.35.